The third kappa shape index (κ3) is 1.79. The number of rotatable bonds is 3. The van der Waals surface area contributed by atoms with Crippen molar-refractivity contribution in [2.24, 2.45) is 5.92 Å². The Morgan fingerprint density at radius 1 is 1.21 bits per heavy atom. The summed E-state index contributed by atoms with van der Waals surface area (Å²) in [6, 6.07) is 6.78. The third-order valence-electron chi connectivity index (χ3n) is 3.79. The fourth-order valence-corrected chi connectivity index (χ4v) is 2.82. The number of hydrogen-bond acceptors (Lipinski definition) is 3. The average molecular weight is 257 g/mol. The first kappa shape index (κ1) is 12.1. The Labute approximate surface area is 111 Å². The summed E-state index contributed by atoms with van der Waals surface area (Å²) in [5.41, 5.74) is 0.994. The Morgan fingerprint density at radius 3 is 2.42 bits per heavy atom. The lowest BCUT2D eigenvalue weighted by Gasteiger charge is -2.25. The molecular weight excluding hydrogens is 242 g/mol. The van der Waals surface area contributed by atoms with Crippen molar-refractivity contribution in [2.45, 2.75) is 12.5 Å². The van der Waals surface area contributed by atoms with Gasteiger partial charge in [-0.2, -0.15) is 0 Å². The molecule has 1 aromatic rings. The van der Waals surface area contributed by atoms with Crippen molar-refractivity contribution in [3.63, 3.8) is 0 Å². The molecule has 4 nitrogen and oxygen atoms in total. The molecular formula is C15H15NO3. The number of ether oxygens (including phenoxy) is 1. The van der Waals surface area contributed by atoms with Crippen LogP contribution in [0.15, 0.2) is 36.9 Å². The standard InChI is InChI=1S/C15H15NO3/c1-2-5-10-8-19-9-13(10)16-14(17)11-6-3-4-7-12(11)15(16)18/h2-4,6-7,10,13H,1,5,8-9H2. The maximum atomic E-state index is 12.4. The molecule has 4 heteroatoms. The van der Waals surface area contributed by atoms with Crippen molar-refractivity contribution < 1.29 is 14.3 Å². The molecule has 2 aliphatic rings. The smallest absolute Gasteiger partial charge is 0.261 e. The van der Waals surface area contributed by atoms with E-state index in [0.717, 1.165) is 6.42 Å². The largest absolute Gasteiger partial charge is 0.379 e. The molecule has 1 fully saturated rings. The van der Waals surface area contributed by atoms with E-state index in [4.69, 9.17) is 4.74 Å². The molecule has 0 spiro atoms. The number of amides is 2. The molecule has 0 N–H and O–H groups in total. The minimum Gasteiger partial charge on any atom is -0.379 e. The van der Waals surface area contributed by atoms with E-state index in [-0.39, 0.29) is 23.8 Å². The summed E-state index contributed by atoms with van der Waals surface area (Å²) in [7, 11) is 0. The van der Waals surface area contributed by atoms with Gasteiger partial charge in [0.25, 0.3) is 11.8 Å². The second-order valence-corrected chi connectivity index (χ2v) is 4.92. The van der Waals surface area contributed by atoms with Gasteiger partial charge < -0.3 is 4.74 Å². The Bertz CT molecular complexity index is 517. The van der Waals surface area contributed by atoms with Crippen molar-refractivity contribution >= 4 is 11.8 Å². The van der Waals surface area contributed by atoms with Gasteiger partial charge in [-0.3, -0.25) is 14.5 Å². The van der Waals surface area contributed by atoms with Crippen LogP contribution in [0.3, 0.4) is 0 Å². The zero-order valence-corrected chi connectivity index (χ0v) is 10.5. The highest BCUT2D eigenvalue weighted by molar-refractivity contribution is 6.21. The lowest BCUT2D eigenvalue weighted by molar-refractivity contribution is 0.0543. The first-order valence-electron chi connectivity index (χ1n) is 6.39. The van der Waals surface area contributed by atoms with E-state index in [1.807, 2.05) is 6.08 Å². The highest BCUT2D eigenvalue weighted by atomic mass is 16.5. The van der Waals surface area contributed by atoms with Crippen molar-refractivity contribution in [3.8, 4) is 0 Å². The molecule has 1 aromatic carbocycles. The minimum absolute atomic E-state index is 0.153. The van der Waals surface area contributed by atoms with E-state index in [9.17, 15) is 9.59 Å². The van der Waals surface area contributed by atoms with E-state index < -0.39 is 0 Å². The molecule has 2 aliphatic heterocycles. The quantitative estimate of drug-likeness (QED) is 0.613. The van der Waals surface area contributed by atoms with Gasteiger partial charge in [0.05, 0.1) is 30.4 Å². The maximum absolute atomic E-state index is 12.4. The van der Waals surface area contributed by atoms with Crippen LogP contribution in [0.2, 0.25) is 0 Å². The molecule has 0 aliphatic carbocycles. The Kier molecular flexibility index (Phi) is 2.95. The minimum atomic E-state index is -0.204. The molecule has 2 unspecified atom stereocenters. The van der Waals surface area contributed by atoms with Crippen LogP contribution in [0, 0.1) is 5.92 Å². The number of fused-ring (bicyclic) bond motifs is 1. The van der Waals surface area contributed by atoms with Gasteiger partial charge in [-0.1, -0.05) is 18.2 Å². The lowest BCUT2D eigenvalue weighted by atomic mass is 9.98. The average Bonchev–Trinajstić information content (AvgIpc) is 2.96. The number of hydrogen-bond donors (Lipinski definition) is 0. The summed E-state index contributed by atoms with van der Waals surface area (Å²) >= 11 is 0. The van der Waals surface area contributed by atoms with Gasteiger partial charge in [-0.25, -0.2) is 0 Å². The number of allylic oxidation sites excluding steroid dienone is 1. The molecule has 0 aromatic heterocycles. The van der Waals surface area contributed by atoms with Crippen molar-refractivity contribution in [1.29, 1.82) is 0 Å². The molecule has 2 atom stereocenters. The molecule has 0 radical (unpaired) electrons. The molecule has 0 bridgehead atoms. The summed E-state index contributed by atoms with van der Waals surface area (Å²) in [6.45, 7) is 4.71. The van der Waals surface area contributed by atoms with Crippen LogP contribution in [-0.4, -0.2) is 36.0 Å². The van der Waals surface area contributed by atoms with Gasteiger partial charge in [0.1, 0.15) is 0 Å². The number of imide groups is 1. The monoisotopic (exact) mass is 257 g/mol. The number of benzene rings is 1. The molecule has 19 heavy (non-hydrogen) atoms. The van der Waals surface area contributed by atoms with Crippen LogP contribution in [0.25, 0.3) is 0 Å². The van der Waals surface area contributed by atoms with Crippen molar-refractivity contribution in [2.75, 3.05) is 13.2 Å². The SMILES string of the molecule is C=CCC1COCC1N1C(=O)c2ccccc2C1=O. The Balaban J connectivity index is 1.93. The second-order valence-electron chi connectivity index (χ2n) is 4.92. The van der Waals surface area contributed by atoms with Gasteiger partial charge in [-0.15, -0.1) is 6.58 Å². The fourth-order valence-electron chi connectivity index (χ4n) is 2.82. The van der Waals surface area contributed by atoms with Crippen molar-refractivity contribution in [3.05, 3.63) is 48.0 Å². The van der Waals surface area contributed by atoms with E-state index in [2.05, 4.69) is 6.58 Å². The summed E-state index contributed by atoms with van der Waals surface area (Å²) in [5.74, 6) is -0.255. The third-order valence-corrected chi connectivity index (χ3v) is 3.79. The highest BCUT2D eigenvalue weighted by Gasteiger charge is 2.44. The van der Waals surface area contributed by atoms with Gasteiger partial charge >= 0.3 is 0 Å². The molecule has 1 saturated heterocycles. The molecule has 0 saturated carbocycles. The fraction of sp³-hybridized carbons (Fsp3) is 0.333. The van der Waals surface area contributed by atoms with Gasteiger partial charge in [0.2, 0.25) is 0 Å². The summed E-state index contributed by atoms with van der Waals surface area (Å²) in [6.07, 6.45) is 2.56. The van der Waals surface area contributed by atoms with Crippen LogP contribution >= 0.6 is 0 Å². The molecule has 3 rings (SSSR count). The molecule has 2 amide bonds. The maximum Gasteiger partial charge on any atom is 0.261 e. The summed E-state index contributed by atoms with van der Waals surface area (Å²) < 4.78 is 5.44. The van der Waals surface area contributed by atoms with E-state index in [1.165, 1.54) is 4.90 Å². The summed E-state index contributed by atoms with van der Waals surface area (Å²) in [5, 5.41) is 0. The molecule has 98 valence electrons. The van der Waals surface area contributed by atoms with Gasteiger partial charge in [-0.05, 0) is 18.6 Å². The van der Waals surface area contributed by atoms with Crippen LogP contribution in [0.1, 0.15) is 27.1 Å². The summed E-state index contributed by atoms with van der Waals surface area (Å²) in [4.78, 5) is 26.1. The zero-order chi connectivity index (χ0) is 13.4. The molecule has 2 heterocycles. The number of nitrogens with zero attached hydrogens (tertiary/aromatic N) is 1. The van der Waals surface area contributed by atoms with Crippen LogP contribution in [0.4, 0.5) is 0 Å². The topological polar surface area (TPSA) is 46.6 Å². The van der Waals surface area contributed by atoms with E-state index in [0.29, 0.717) is 24.3 Å². The first-order chi connectivity index (χ1) is 9.24. The predicted octanol–water partition coefficient (Wildman–Crippen LogP) is 1.87. The normalized spacial score (nSPS) is 25.8. The van der Waals surface area contributed by atoms with E-state index in [1.54, 1.807) is 24.3 Å². The van der Waals surface area contributed by atoms with Gasteiger partial charge in [0.15, 0.2) is 0 Å². The van der Waals surface area contributed by atoms with Gasteiger partial charge in [0, 0.05) is 5.92 Å². The van der Waals surface area contributed by atoms with Crippen LogP contribution in [-0.2, 0) is 4.74 Å². The second kappa shape index (κ2) is 4.63. The highest BCUT2D eigenvalue weighted by Crippen LogP contribution is 2.31. The Hall–Kier alpha value is -1.94. The van der Waals surface area contributed by atoms with Crippen molar-refractivity contribution in [1.82, 2.24) is 4.90 Å². The number of carbonyl (C=O) groups excluding carboxylic acids is 2. The Morgan fingerprint density at radius 2 is 1.84 bits per heavy atom. The number of carbonyl (C=O) groups is 2. The first-order valence-corrected chi connectivity index (χ1v) is 6.39. The van der Waals surface area contributed by atoms with E-state index >= 15 is 0 Å². The zero-order valence-electron chi connectivity index (χ0n) is 10.5. The lowest BCUT2D eigenvalue weighted by Crippen LogP contribution is -2.44. The predicted molar refractivity (Wildman–Crippen MR) is 69.9 cm³/mol. The van der Waals surface area contributed by atoms with Crippen LogP contribution < -0.4 is 0 Å². The van der Waals surface area contributed by atoms with Crippen LogP contribution in [0.5, 0.6) is 0 Å².